The number of nitrogens with one attached hydrogen (secondary N) is 1. The van der Waals surface area contributed by atoms with E-state index in [1.54, 1.807) is 6.92 Å². The molecule has 0 bridgehead atoms. The third-order valence-corrected chi connectivity index (χ3v) is 2.91. The first-order chi connectivity index (χ1) is 8.04. The van der Waals surface area contributed by atoms with Crippen molar-refractivity contribution < 1.29 is 9.08 Å². The van der Waals surface area contributed by atoms with Crippen molar-refractivity contribution in [2.75, 3.05) is 0 Å². The van der Waals surface area contributed by atoms with Crippen LogP contribution in [0.15, 0.2) is 30.5 Å². The van der Waals surface area contributed by atoms with Gasteiger partial charge < -0.3 is 15.0 Å². The van der Waals surface area contributed by atoms with Gasteiger partial charge in [0.25, 0.3) is 0 Å². The van der Waals surface area contributed by atoms with Crippen LogP contribution in [0.3, 0.4) is 0 Å². The summed E-state index contributed by atoms with van der Waals surface area (Å²) >= 11 is 5.06. The maximum Gasteiger partial charge on any atom is 0.344 e. The maximum absolute atomic E-state index is 11.4. The van der Waals surface area contributed by atoms with Gasteiger partial charge in [0.1, 0.15) is 17.4 Å². The molecule has 0 amide bonds. The average molecular weight is 253 g/mol. The standard InChI is InChI=1S/C12H13ClN2O2/c1-12(14,11(16)17-13)6-8-7-15-10-5-3-2-4-9(8)10/h2-5,7,15H,6,14H2,1H3/t12-/m0/s1. The predicted molar refractivity (Wildman–Crippen MR) is 66.5 cm³/mol. The summed E-state index contributed by atoms with van der Waals surface area (Å²) in [6.45, 7) is 1.60. The molecule has 17 heavy (non-hydrogen) atoms. The molecule has 1 atom stereocenters. The number of carbonyl (C=O) groups excluding carboxylic acids is 1. The summed E-state index contributed by atoms with van der Waals surface area (Å²) in [5.41, 5.74) is 6.72. The monoisotopic (exact) mass is 252 g/mol. The van der Waals surface area contributed by atoms with Crippen LogP contribution in [0.4, 0.5) is 0 Å². The molecule has 0 spiro atoms. The van der Waals surface area contributed by atoms with Gasteiger partial charge in [0.15, 0.2) is 0 Å². The number of carbonyl (C=O) groups is 1. The molecule has 1 heterocycles. The predicted octanol–water partition coefficient (Wildman–Crippen LogP) is 2.12. The summed E-state index contributed by atoms with van der Waals surface area (Å²) in [5, 5.41) is 1.05. The van der Waals surface area contributed by atoms with Crippen molar-refractivity contribution in [1.82, 2.24) is 4.98 Å². The molecule has 0 unspecified atom stereocenters. The third kappa shape index (κ3) is 2.28. The number of para-hydroxylation sites is 1. The first-order valence-corrected chi connectivity index (χ1v) is 5.52. The second-order valence-corrected chi connectivity index (χ2v) is 4.47. The molecule has 4 nitrogen and oxygen atoms in total. The van der Waals surface area contributed by atoms with E-state index < -0.39 is 11.5 Å². The highest BCUT2D eigenvalue weighted by Crippen LogP contribution is 2.22. The van der Waals surface area contributed by atoms with Crippen molar-refractivity contribution in [3.8, 4) is 0 Å². The highest BCUT2D eigenvalue weighted by Gasteiger charge is 2.31. The van der Waals surface area contributed by atoms with Gasteiger partial charge in [0.05, 0.1) is 0 Å². The van der Waals surface area contributed by atoms with Gasteiger partial charge in [-0.1, -0.05) is 18.2 Å². The van der Waals surface area contributed by atoms with Crippen LogP contribution in [0.1, 0.15) is 12.5 Å². The molecule has 0 saturated carbocycles. The third-order valence-electron chi connectivity index (χ3n) is 2.77. The van der Waals surface area contributed by atoms with Crippen molar-refractivity contribution in [3.63, 3.8) is 0 Å². The minimum absolute atomic E-state index is 0.364. The minimum Gasteiger partial charge on any atom is -0.361 e. The Morgan fingerprint density at radius 3 is 2.94 bits per heavy atom. The van der Waals surface area contributed by atoms with Crippen LogP contribution in [0.2, 0.25) is 0 Å². The topological polar surface area (TPSA) is 68.1 Å². The van der Waals surface area contributed by atoms with Crippen molar-refractivity contribution in [3.05, 3.63) is 36.0 Å². The fourth-order valence-electron chi connectivity index (χ4n) is 1.83. The van der Waals surface area contributed by atoms with E-state index in [1.165, 1.54) is 0 Å². The molecular formula is C12H13ClN2O2. The molecule has 0 saturated heterocycles. The maximum atomic E-state index is 11.4. The van der Waals surface area contributed by atoms with Gasteiger partial charge in [-0.2, -0.15) is 0 Å². The van der Waals surface area contributed by atoms with Gasteiger partial charge in [-0.15, -0.1) is 0 Å². The van der Waals surface area contributed by atoms with Crippen LogP contribution in [-0.2, 0) is 15.5 Å². The summed E-state index contributed by atoms with van der Waals surface area (Å²) < 4.78 is 4.17. The Bertz CT molecular complexity index is 548. The van der Waals surface area contributed by atoms with Crippen molar-refractivity contribution in [1.29, 1.82) is 0 Å². The van der Waals surface area contributed by atoms with Crippen molar-refractivity contribution >= 4 is 28.7 Å². The Balaban J connectivity index is 2.33. The average Bonchev–Trinajstić information content (AvgIpc) is 2.71. The van der Waals surface area contributed by atoms with E-state index in [-0.39, 0.29) is 0 Å². The lowest BCUT2D eigenvalue weighted by molar-refractivity contribution is -0.139. The number of benzene rings is 1. The lowest BCUT2D eigenvalue weighted by atomic mass is 9.94. The molecule has 0 aliphatic carbocycles. The first-order valence-electron chi connectivity index (χ1n) is 5.21. The molecule has 2 aromatic rings. The van der Waals surface area contributed by atoms with Crippen molar-refractivity contribution in [2.24, 2.45) is 5.73 Å². The summed E-state index contributed by atoms with van der Waals surface area (Å²) in [6, 6.07) is 7.82. The zero-order valence-corrected chi connectivity index (χ0v) is 10.1. The molecule has 0 fully saturated rings. The zero-order chi connectivity index (χ0) is 12.5. The molecule has 0 radical (unpaired) electrons. The Morgan fingerprint density at radius 2 is 2.24 bits per heavy atom. The van der Waals surface area contributed by atoms with Gasteiger partial charge in [-0.3, -0.25) is 0 Å². The van der Waals surface area contributed by atoms with Crippen LogP contribution in [0.5, 0.6) is 0 Å². The van der Waals surface area contributed by atoms with Crippen molar-refractivity contribution in [2.45, 2.75) is 18.9 Å². The number of nitrogens with two attached hydrogens (primary N) is 1. The number of aromatic nitrogens is 1. The number of hydrogen-bond donors (Lipinski definition) is 2. The largest absolute Gasteiger partial charge is 0.361 e. The SMILES string of the molecule is C[C@](N)(Cc1c[nH]c2ccccc12)C(=O)OCl. The number of aromatic amines is 1. The molecule has 1 aromatic heterocycles. The Labute approximate surface area is 104 Å². The van der Waals surface area contributed by atoms with Crippen LogP contribution in [-0.4, -0.2) is 16.5 Å². The Kier molecular flexibility index (Phi) is 3.09. The van der Waals surface area contributed by atoms with Gasteiger partial charge in [-0.05, 0) is 18.6 Å². The van der Waals surface area contributed by atoms with E-state index in [2.05, 4.69) is 9.27 Å². The minimum atomic E-state index is -1.13. The normalized spacial score (nSPS) is 14.5. The van der Waals surface area contributed by atoms with E-state index in [0.29, 0.717) is 6.42 Å². The lowest BCUT2D eigenvalue weighted by Crippen LogP contribution is -2.47. The number of rotatable bonds is 3. The van der Waals surface area contributed by atoms with Gasteiger partial charge in [-0.25, -0.2) is 4.79 Å². The molecule has 5 heteroatoms. The molecule has 90 valence electrons. The fraction of sp³-hybridized carbons (Fsp3) is 0.250. The Hall–Kier alpha value is -1.52. The second-order valence-electron chi connectivity index (χ2n) is 4.32. The van der Waals surface area contributed by atoms with Crippen LogP contribution >= 0.6 is 11.9 Å². The molecular weight excluding hydrogens is 240 g/mol. The second kappa shape index (κ2) is 4.39. The van der Waals surface area contributed by atoms with E-state index in [9.17, 15) is 4.79 Å². The molecule has 0 aliphatic rings. The molecule has 0 aliphatic heterocycles. The zero-order valence-electron chi connectivity index (χ0n) is 9.37. The first kappa shape index (κ1) is 12.0. The highest BCUT2D eigenvalue weighted by molar-refractivity contribution is 6.14. The number of fused-ring (bicyclic) bond motifs is 1. The molecule has 2 rings (SSSR count). The van der Waals surface area contributed by atoms with Crippen LogP contribution < -0.4 is 5.73 Å². The summed E-state index contributed by atoms with van der Waals surface area (Å²) in [5.74, 6) is -0.635. The summed E-state index contributed by atoms with van der Waals surface area (Å²) in [4.78, 5) is 14.5. The van der Waals surface area contributed by atoms with Gasteiger partial charge in [0, 0.05) is 23.5 Å². The molecule has 3 N–H and O–H groups in total. The Morgan fingerprint density at radius 1 is 1.53 bits per heavy atom. The van der Waals surface area contributed by atoms with Gasteiger partial charge >= 0.3 is 5.97 Å². The fourth-order valence-corrected chi connectivity index (χ4v) is 2.01. The number of H-pyrrole nitrogens is 1. The molecule has 1 aromatic carbocycles. The van der Waals surface area contributed by atoms with Crippen LogP contribution in [0, 0.1) is 0 Å². The van der Waals surface area contributed by atoms with E-state index in [1.807, 2.05) is 30.5 Å². The quantitative estimate of drug-likeness (QED) is 0.879. The van der Waals surface area contributed by atoms with E-state index >= 15 is 0 Å². The lowest BCUT2D eigenvalue weighted by Gasteiger charge is -2.19. The number of hydrogen-bond acceptors (Lipinski definition) is 3. The number of halogens is 1. The van der Waals surface area contributed by atoms with E-state index in [0.717, 1.165) is 16.5 Å². The highest BCUT2D eigenvalue weighted by atomic mass is 35.5. The summed E-state index contributed by atoms with van der Waals surface area (Å²) in [7, 11) is 0. The van der Waals surface area contributed by atoms with Crippen LogP contribution in [0.25, 0.3) is 10.9 Å². The summed E-state index contributed by atoms with van der Waals surface area (Å²) in [6.07, 6.45) is 2.21. The van der Waals surface area contributed by atoms with Gasteiger partial charge in [0.2, 0.25) is 0 Å². The smallest absolute Gasteiger partial charge is 0.344 e. The van der Waals surface area contributed by atoms with E-state index in [4.69, 9.17) is 17.6 Å².